The van der Waals surface area contributed by atoms with E-state index in [1.165, 1.54) is 0 Å². The van der Waals surface area contributed by atoms with Gasteiger partial charge < -0.3 is 9.32 Å². The molecule has 7 heteroatoms. The number of H-pyrrole nitrogens is 1. The van der Waals surface area contributed by atoms with Gasteiger partial charge in [0.25, 0.3) is 5.91 Å². The Balaban J connectivity index is 1.60. The zero-order chi connectivity index (χ0) is 14.9. The fourth-order valence-corrected chi connectivity index (χ4v) is 3.03. The lowest BCUT2D eigenvalue weighted by molar-refractivity contribution is 0.0705. The van der Waals surface area contributed by atoms with Crippen LogP contribution >= 0.6 is 0 Å². The lowest BCUT2D eigenvalue weighted by Gasteiger charge is -2.31. The van der Waals surface area contributed by atoms with E-state index in [0.717, 1.165) is 30.4 Å². The van der Waals surface area contributed by atoms with Gasteiger partial charge in [0.05, 0.1) is 5.56 Å². The number of hydrogen-bond donors (Lipinski definition) is 1. The molecule has 1 saturated heterocycles. The number of aromatic nitrogens is 4. The van der Waals surface area contributed by atoms with E-state index in [9.17, 15) is 4.79 Å². The van der Waals surface area contributed by atoms with Crippen molar-refractivity contribution in [2.45, 2.75) is 18.8 Å². The minimum absolute atomic E-state index is 0.00172. The first-order valence-electron chi connectivity index (χ1n) is 7.32. The highest BCUT2D eigenvalue weighted by Gasteiger charge is 2.29. The number of piperidine rings is 1. The van der Waals surface area contributed by atoms with E-state index in [0.29, 0.717) is 17.9 Å². The van der Waals surface area contributed by atoms with Gasteiger partial charge in [0.2, 0.25) is 0 Å². The van der Waals surface area contributed by atoms with Crippen LogP contribution in [0.3, 0.4) is 0 Å². The van der Waals surface area contributed by atoms with Gasteiger partial charge in [-0.15, -0.1) is 10.2 Å². The molecule has 1 N–H and O–H groups in total. The van der Waals surface area contributed by atoms with Crippen molar-refractivity contribution in [1.82, 2.24) is 25.5 Å². The van der Waals surface area contributed by atoms with Crippen molar-refractivity contribution < 1.29 is 9.21 Å². The first-order chi connectivity index (χ1) is 10.8. The van der Waals surface area contributed by atoms with Gasteiger partial charge in [-0.05, 0) is 18.9 Å². The maximum absolute atomic E-state index is 12.8. The molecule has 2 aromatic heterocycles. The second-order valence-electron chi connectivity index (χ2n) is 5.51. The van der Waals surface area contributed by atoms with Crippen LogP contribution < -0.4 is 0 Å². The fraction of sp³-hybridized carbons (Fsp3) is 0.333. The molecule has 1 aliphatic heterocycles. The van der Waals surface area contributed by atoms with Crippen LogP contribution in [0.2, 0.25) is 0 Å². The number of carbonyl (C=O) groups excluding carboxylic acids is 1. The van der Waals surface area contributed by atoms with E-state index < -0.39 is 0 Å². The third-order valence-corrected chi connectivity index (χ3v) is 4.15. The molecule has 1 aliphatic rings. The van der Waals surface area contributed by atoms with Gasteiger partial charge in [0.1, 0.15) is 11.8 Å². The number of amides is 1. The summed E-state index contributed by atoms with van der Waals surface area (Å²) in [5, 5.41) is 15.0. The Morgan fingerprint density at radius 2 is 2.27 bits per heavy atom. The SMILES string of the molecule is O=C(c1coc2ccccc12)N1CCC[C@@H](c2nn[nH]n2)C1. The molecule has 4 rings (SSSR count). The average molecular weight is 297 g/mol. The van der Waals surface area contributed by atoms with E-state index in [1.54, 1.807) is 6.26 Å². The summed E-state index contributed by atoms with van der Waals surface area (Å²) >= 11 is 0. The number of tetrazole rings is 1. The Kier molecular flexibility index (Phi) is 3.10. The Bertz CT molecular complexity index is 795. The predicted molar refractivity (Wildman–Crippen MR) is 78.3 cm³/mol. The van der Waals surface area contributed by atoms with Gasteiger partial charge in [-0.3, -0.25) is 4.79 Å². The number of nitrogens with one attached hydrogen (secondary N) is 1. The number of para-hydroxylation sites is 1. The third kappa shape index (κ3) is 2.14. The van der Waals surface area contributed by atoms with Crippen LogP contribution in [0, 0.1) is 0 Å². The Morgan fingerprint density at radius 1 is 1.36 bits per heavy atom. The number of benzene rings is 1. The van der Waals surface area contributed by atoms with Crippen molar-refractivity contribution in [2.75, 3.05) is 13.1 Å². The van der Waals surface area contributed by atoms with Gasteiger partial charge >= 0.3 is 0 Å². The van der Waals surface area contributed by atoms with E-state index >= 15 is 0 Å². The van der Waals surface area contributed by atoms with Crippen molar-refractivity contribution in [3.05, 3.63) is 41.9 Å². The summed E-state index contributed by atoms with van der Waals surface area (Å²) in [6.07, 6.45) is 3.45. The van der Waals surface area contributed by atoms with E-state index in [-0.39, 0.29) is 11.8 Å². The first kappa shape index (κ1) is 13.0. The van der Waals surface area contributed by atoms with Crippen LogP contribution in [-0.2, 0) is 0 Å². The largest absolute Gasteiger partial charge is 0.463 e. The molecule has 1 amide bonds. The highest BCUT2D eigenvalue weighted by atomic mass is 16.3. The standard InChI is InChI=1S/C15H15N5O2/c21-15(12-9-22-13-6-2-1-5-11(12)13)20-7-3-4-10(8-20)14-16-18-19-17-14/h1-2,5-6,9-10H,3-4,7-8H2,(H,16,17,18,19)/t10-/m1/s1. The lowest BCUT2D eigenvalue weighted by atomic mass is 9.97. The summed E-state index contributed by atoms with van der Waals surface area (Å²) in [4.78, 5) is 14.6. The molecule has 3 heterocycles. The van der Waals surface area contributed by atoms with Crippen molar-refractivity contribution >= 4 is 16.9 Å². The zero-order valence-corrected chi connectivity index (χ0v) is 11.9. The molecule has 1 atom stereocenters. The lowest BCUT2D eigenvalue weighted by Crippen LogP contribution is -2.39. The zero-order valence-electron chi connectivity index (χ0n) is 11.9. The van der Waals surface area contributed by atoms with Gasteiger partial charge in [-0.25, -0.2) is 0 Å². The van der Waals surface area contributed by atoms with E-state index in [4.69, 9.17) is 4.42 Å². The molecule has 3 aromatic rings. The maximum atomic E-state index is 12.8. The van der Waals surface area contributed by atoms with Crippen LogP contribution in [0.1, 0.15) is 34.9 Å². The van der Waals surface area contributed by atoms with Crippen LogP contribution in [0.15, 0.2) is 34.9 Å². The van der Waals surface area contributed by atoms with Crippen molar-refractivity contribution in [1.29, 1.82) is 0 Å². The Hall–Kier alpha value is -2.70. The molecule has 1 aromatic carbocycles. The molecular formula is C15H15N5O2. The quantitative estimate of drug-likeness (QED) is 0.781. The van der Waals surface area contributed by atoms with Gasteiger partial charge in [-0.1, -0.05) is 23.4 Å². The molecule has 0 radical (unpaired) electrons. The topological polar surface area (TPSA) is 87.9 Å². The predicted octanol–water partition coefficient (Wildman–Crippen LogP) is 1.97. The molecule has 0 aliphatic carbocycles. The van der Waals surface area contributed by atoms with Crippen LogP contribution in [0.5, 0.6) is 0 Å². The average Bonchev–Trinajstić information content (AvgIpc) is 3.24. The summed E-state index contributed by atoms with van der Waals surface area (Å²) in [5.74, 6) is 0.808. The molecule has 22 heavy (non-hydrogen) atoms. The Labute approximate surface area is 126 Å². The number of fused-ring (bicyclic) bond motifs is 1. The highest BCUT2D eigenvalue weighted by Crippen LogP contribution is 2.27. The number of hydrogen-bond acceptors (Lipinski definition) is 5. The van der Waals surface area contributed by atoms with Crippen LogP contribution in [-0.4, -0.2) is 44.5 Å². The van der Waals surface area contributed by atoms with Crippen molar-refractivity contribution in [2.24, 2.45) is 0 Å². The van der Waals surface area contributed by atoms with E-state index in [2.05, 4.69) is 20.6 Å². The molecule has 0 bridgehead atoms. The number of aromatic amines is 1. The van der Waals surface area contributed by atoms with E-state index in [1.807, 2.05) is 29.2 Å². The minimum atomic E-state index is -0.00172. The smallest absolute Gasteiger partial charge is 0.257 e. The minimum Gasteiger partial charge on any atom is -0.463 e. The number of rotatable bonds is 2. The molecule has 0 unspecified atom stereocenters. The molecular weight excluding hydrogens is 282 g/mol. The number of nitrogens with zero attached hydrogens (tertiary/aromatic N) is 4. The molecule has 1 fully saturated rings. The molecule has 0 saturated carbocycles. The number of likely N-dealkylation sites (tertiary alicyclic amines) is 1. The molecule has 112 valence electrons. The number of carbonyl (C=O) groups is 1. The summed E-state index contributed by atoms with van der Waals surface area (Å²) in [6.45, 7) is 1.35. The normalized spacial score (nSPS) is 18.7. The maximum Gasteiger partial charge on any atom is 0.257 e. The van der Waals surface area contributed by atoms with Crippen LogP contribution in [0.4, 0.5) is 0 Å². The second kappa shape index (κ2) is 5.25. The summed E-state index contributed by atoms with van der Waals surface area (Å²) in [6, 6.07) is 7.58. The van der Waals surface area contributed by atoms with Gasteiger partial charge in [0, 0.05) is 24.4 Å². The second-order valence-corrected chi connectivity index (χ2v) is 5.51. The molecule has 0 spiro atoms. The van der Waals surface area contributed by atoms with Crippen LogP contribution in [0.25, 0.3) is 11.0 Å². The van der Waals surface area contributed by atoms with Crippen molar-refractivity contribution in [3.63, 3.8) is 0 Å². The fourth-order valence-electron chi connectivity index (χ4n) is 3.03. The first-order valence-corrected chi connectivity index (χ1v) is 7.32. The van der Waals surface area contributed by atoms with Crippen molar-refractivity contribution in [3.8, 4) is 0 Å². The third-order valence-electron chi connectivity index (χ3n) is 4.15. The number of furan rings is 1. The summed E-state index contributed by atoms with van der Waals surface area (Å²) in [5.41, 5.74) is 1.35. The van der Waals surface area contributed by atoms with Gasteiger partial charge in [0.15, 0.2) is 5.82 Å². The highest BCUT2D eigenvalue weighted by molar-refractivity contribution is 6.05. The Morgan fingerprint density at radius 3 is 3.14 bits per heavy atom. The summed E-state index contributed by atoms with van der Waals surface area (Å²) < 4.78 is 5.47. The molecule has 7 nitrogen and oxygen atoms in total. The monoisotopic (exact) mass is 297 g/mol. The summed E-state index contributed by atoms with van der Waals surface area (Å²) in [7, 11) is 0. The van der Waals surface area contributed by atoms with Gasteiger partial charge in [-0.2, -0.15) is 5.21 Å².